The minimum atomic E-state index is 0.299. The highest BCUT2D eigenvalue weighted by Crippen LogP contribution is 2.23. The molecule has 2 rings (SSSR count). The number of ether oxygens (including phenoxy) is 1. The van der Waals surface area contributed by atoms with Crippen molar-refractivity contribution >= 4 is 0 Å². The SMILES string of the molecule is OCC(CNC1CCCC1)C1CCOC1. The van der Waals surface area contributed by atoms with E-state index in [1.807, 2.05) is 0 Å². The van der Waals surface area contributed by atoms with Gasteiger partial charge in [0, 0.05) is 32.4 Å². The third-order valence-corrected chi connectivity index (χ3v) is 3.89. The largest absolute Gasteiger partial charge is 0.396 e. The lowest BCUT2D eigenvalue weighted by atomic mass is 9.92. The predicted octanol–water partition coefficient (Wildman–Crippen LogP) is 1.16. The molecule has 1 aliphatic carbocycles. The highest BCUT2D eigenvalue weighted by Gasteiger charge is 2.26. The normalized spacial score (nSPS) is 29.8. The standard InChI is InChI=1S/C12H23NO2/c14-8-11(10-5-6-15-9-10)7-13-12-3-1-2-4-12/h10-14H,1-9H2. The molecule has 15 heavy (non-hydrogen) atoms. The quantitative estimate of drug-likeness (QED) is 0.720. The van der Waals surface area contributed by atoms with Crippen LogP contribution in [0.15, 0.2) is 0 Å². The molecule has 0 aromatic heterocycles. The predicted molar refractivity (Wildman–Crippen MR) is 59.8 cm³/mol. The first-order valence-electron chi connectivity index (χ1n) is 6.32. The highest BCUT2D eigenvalue weighted by molar-refractivity contribution is 4.79. The van der Waals surface area contributed by atoms with Crippen molar-refractivity contribution in [1.82, 2.24) is 5.32 Å². The van der Waals surface area contributed by atoms with E-state index in [1.165, 1.54) is 25.7 Å². The lowest BCUT2D eigenvalue weighted by molar-refractivity contribution is 0.136. The molecule has 2 atom stereocenters. The Labute approximate surface area is 92.2 Å². The van der Waals surface area contributed by atoms with E-state index >= 15 is 0 Å². The summed E-state index contributed by atoms with van der Waals surface area (Å²) >= 11 is 0. The summed E-state index contributed by atoms with van der Waals surface area (Å²) in [5.74, 6) is 0.969. The van der Waals surface area contributed by atoms with Crippen LogP contribution < -0.4 is 5.32 Å². The van der Waals surface area contributed by atoms with Crippen LogP contribution in [0, 0.1) is 11.8 Å². The van der Waals surface area contributed by atoms with E-state index in [1.54, 1.807) is 0 Å². The summed E-state index contributed by atoms with van der Waals surface area (Å²) in [6.45, 7) is 2.99. The molecule has 1 saturated heterocycles. The van der Waals surface area contributed by atoms with Crippen LogP contribution in [0.5, 0.6) is 0 Å². The van der Waals surface area contributed by atoms with E-state index < -0.39 is 0 Å². The third kappa shape index (κ3) is 3.16. The fourth-order valence-corrected chi connectivity index (χ4v) is 2.75. The minimum Gasteiger partial charge on any atom is -0.396 e. The molecule has 2 unspecified atom stereocenters. The average Bonchev–Trinajstić information content (AvgIpc) is 2.90. The maximum Gasteiger partial charge on any atom is 0.0499 e. The summed E-state index contributed by atoms with van der Waals surface area (Å²) in [6, 6.07) is 0.710. The zero-order valence-electron chi connectivity index (χ0n) is 9.45. The molecule has 3 nitrogen and oxygen atoms in total. The molecule has 0 aromatic carbocycles. The van der Waals surface area contributed by atoms with E-state index in [9.17, 15) is 5.11 Å². The molecular formula is C12H23NO2. The molecule has 3 heteroatoms. The Morgan fingerprint density at radius 1 is 1.27 bits per heavy atom. The second-order valence-electron chi connectivity index (χ2n) is 4.96. The van der Waals surface area contributed by atoms with Gasteiger partial charge >= 0.3 is 0 Å². The van der Waals surface area contributed by atoms with Crippen LogP contribution in [0.3, 0.4) is 0 Å². The van der Waals surface area contributed by atoms with Crippen molar-refractivity contribution in [3.63, 3.8) is 0 Å². The number of rotatable bonds is 5. The van der Waals surface area contributed by atoms with Gasteiger partial charge in [0.05, 0.1) is 0 Å². The first-order chi connectivity index (χ1) is 7.40. The van der Waals surface area contributed by atoms with Crippen LogP contribution in [0.25, 0.3) is 0 Å². The van der Waals surface area contributed by atoms with Crippen LogP contribution in [0.2, 0.25) is 0 Å². The number of hydrogen-bond acceptors (Lipinski definition) is 3. The van der Waals surface area contributed by atoms with Crippen molar-refractivity contribution in [2.75, 3.05) is 26.4 Å². The second kappa shape index (κ2) is 5.83. The van der Waals surface area contributed by atoms with E-state index in [4.69, 9.17) is 4.74 Å². The molecule has 0 bridgehead atoms. The molecule has 0 amide bonds. The molecular weight excluding hydrogens is 190 g/mol. The Kier molecular flexibility index (Phi) is 4.42. The van der Waals surface area contributed by atoms with Crippen LogP contribution in [0.4, 0.5) is 0 Å². The van der Waals surface area contributed by atoms with Gasteiger partial charge in [-0.2, -0.15) is 0 Å². The third-order valence-electron chi connectivity index (χ3n) is 3.89. The van der Waals surface area contributed by atoms with Crippen molar-refractivity contribution in [2.24, 2.45) is 11.8 Å². The average molecular weight is 213 g/mol. The Balaban J connectivity index is 1.69. The van der Waals surface area contributed by atoms with Crippen molar-refractivity contribution in [3.05, 3.63) is 0 Å². The highest BCUT2D eigenvalue weighted by atomic mass is 16.5. The molecule has 2 aliphatic rings. The van der Waals surface area contributed by atoms with Gasteiger partial charge in [-0.15, -0.1) is 0 Å². The zero-order chi connectivity index (χ0) is 10.5. The van der Waals surface area contributed by atoms with Crippen molar-refractivity contribution < 1.29 is 9.84 Å². The summed E-state index contributed by atoms with van der Waals surface area (Å²) in [7, 11) is 0. The lowest BCUT2D eigenvalue weighted by Crippen LogP contribution is -2.36. The smallest absolute Gasteiger partial charge is 0.0499 e. The number of nitrogens with one attached hydrogen (secondary N) is 1. The van der Waals surface area contributed by atoms with Gasteiger partial charge in [-0.1, -0.05) is 12.8 Å². The Bertz CT molecular complexity index is 174. The summed E-state index contributed by atoms with van der Waals surface area (Å²) in [4.78, 5) is 0. The van der Waals surface area contributed by atoms with Crippen molar-refractivity contribution in [2.45, 2.75) is 38.1 Å². The van der Waals surface area contributed by atoms with Crippen molar-refractivity contribution in [1.29, 1.82) is 0 Å². The molecule has 0 aromatic rings. The van der Waals surface area contributed by atoms with E-state index in [0.29, 0.717) is 24.5 Å². The molecule has 1 heterocycles. The fraction of sp³-hybridized carbons (Fsp3) is 1.00. The summed E-state index contributed by atoms with van der Waals surface area (Å²) in [5.41, 5.74) is 0. The molecule has 2 N–H and O–H groups in total. The van der Waals surface area contributed by atoms with Gasteiger partial charge in [-0.05, 0) is 31.1 Å². The maximum atomic E-state index is 9.36. The van der Waals surface area contributed by atoms with Crippen molar-refractivity contribution in [3.8, 4) is 0 Å². The monoisotopic (exact) mass is 213 g/mol. The molecule has 1 aliphatic heterocycles. The Hall–Kier alpha value is -0.120. The van der Waals surface area contributed by atoms with E-state index in [0.717, 1.165) is 26.2 Å². The molecule has 88 valence electrons. The topological polar surface area (TPSA) is 41.5 Å². The van der Waals surface area contributed by atoms with Gasteiger partial charge in [0.2, 0.25) is 0 Å². The maximum absolute atomic E-state index is 9.36. The van der Waals surface area contributed by atoms with Gasteiger partial charge in [0.15, 0.2) is 0 Å². The van der Waals surface area contributed by atoms with Crippen LogP contribution >= 0.6 is 0 Å². The van der Waals surface area contributed by atoms with Crippen LogP contribution in [-0.4, -0.2) is 37.5 Å². The number of aliphatic hydroxyl groups excluding tert-OH is 1. The minimum absolute atomic E-state index is 0.299. The first kappa shape index (κ1) is 11.4. The van der Waals surface area contributed by atoms with Gasteiger partial charge < -0.3 is 15.2 Å². The van der Waals surface area contributed by atoms with Crippen LogP contribution in [-0.2, 0) is 4.74 Å². The molecule has 0 spiro atoms. The Morgan fingerprint density at radius 3 is 2.67 bits per heavy atom. The molecule has 1 saturated carbocycles. The fourth-order valence-electron chi connectivity index (χ4n) is 2.75. The van der Waals surface area contributed by atoms with Gasteiger partial charge in [-0.25, -0.2) is 0 Å². The van der Waals surface area contributed by atoms with E-state index in [-0.39, 0.29) is 0 Å². The summed E-state index contributed by atoms with van der Waals surface area (Å²) in [6.07, 6.45) is 6.50. The first-order valence-corrected chi connectivity index (χ1v) is 6.32. The Morgan fingerprint density at radius 2 is 2.07 bits per heavy atom. The number of aliphatic hydroxyl groups is 1. The lowest BCUT2D eigenvalue weighted by Gasteiger charge is -2.22. The second-order valence-corrected chi connectivity index (χ2v) is 4.96. The van der Waals surface area contributed by atoms with E-state index in [2.05, 4.69) is 5.32 Å². The summed E-state index contributed by atoms with van der Waals surface area (Å²) < 4.78 is 5.37. The van der Waals surface area contributed by atoms with Gasteiger partial charge in [-0.3, -0.25) is 0 Å². The van der Waals surface area contributed by atoms with Gasteiger partial charge in [0.25, 0.3) is 0 Å². The zero-order valence-corrected chi connectivity index (χ0v) is 9.45. The van der Waals surface area contributed by atoms with Gasteiger partial charge in [0.1, 0.15) is 0 Å². The number of hydrogen-bond donors (Lipinski definition) is 2. The molecule has 0 radical (unpaired) electrons. The van der Waals surface area contributed by atoms with Crippen LogP contribution in [0.1, 0.15) is 32.1 Å². The molecule has 2 fully saturated rings. The summed E-state index contributed by atoms with van der Waals surface area (Å²) in [5, 5.41) is 13.0.